The Bertz CT molecular complexity index is 2910. The maximum absolute atomic E-state index is 9.57. The van der Waals surface area contributed by atoms with Gasteiger partial charge >= 0.3 is 0 Å². The molecular formula is C47H27N3. The van der Waals surface area contributed by atoms with Gasteiger partial charge in [0.05, 0.1) is 23.3 Å². The molecule has 1 aliphatic carbocycles. The molecule has 1 heterocycles. The minimum absolute atomic E-state index is 0.647. The first-order valence-electron chi connectivity index (χ1n) is 16.8. The first-order valence-corrected chi connectivity index (χ1v) is 16.8. The van der Waals surface area contributed by atoms with Gasteiger partial charge < -0.3 is 5.32 Å². The van der Waals surface area contributed by atoms with Gasteiger partial charge in [0.2, 0.25) is 0 Å². The molecule has 2 aliphatic rings. The number of nitrogens with zero attached hydrogens (tertiary/aromatic N) is 2. The molecule has 1 aliphatic heterocycles. The first kappa shape index (κ1) is 28.1. The molecule has 0 bridgehead atoms. The zero-order valence-electron chi connectivity index (χ0n) is 27.0. The maximum atomic E-state index is 9.57. The van der Waals surface area contributed by atoms with Crippen LogP contribution < -0.4 is 5.32 Å². The van der Waals surface area contributed by atoms with Gasteiger partial charge in [0.25, 0.3) is 0 Å². The number of benzene rings is 8. The molecule has 0 aromatic heterocycles. The third-order valence-electron chi connectivity index (χ3n) is 10.5. The Hall–Kier alpha value is -6.94. The Morgan fingerprint density at radius 3 is 1.64 bits per heavy atom. The molecule has 1 N–H and O–H groups in total. The van der Waals surface area contributed by atoms with Gasteiger partial charge in [-0.15, -0.1) is 0 Å². The lowest BCUT2D eigenvalue weighted by Gasteiger charge is -2.17. The molecule has 8 aromatic rings. The molecule has 0 atom stereocenters. The third kappa shape index (κ3) is 4.08. The van der Waals surface area contributed by atoms with Gasteiger partial charge in [-0.3, -0.25) is 0 Å². The standard InChI is InChI=1S/C47H27N3/c48-26-28-11-15-30(16-12-28)38-22-44-40(33-7-2-1-6-32(33)38)23-39(31-17-13-29(27-49)14-18-31)43-24-42-37-20-19-34(46-10-3-4-21-50-46)35-8-5-9-36(47(35)37)41(42)25-45(43)44/h1-20,22-25,50H,21H2. The average Bonchev–Trinajstić information content (AvgIpc) is 3.50. The van der Waals surface area contributed by atoms with Crippen LogP contribution in [0.1, 0.15) is 16.7 Å². The predicted molar refractivity (Wildman–Crippen MR) is 206 cm³/mol. The topological polar surface area (TPSA) is 59.6 Å². The van der Waals surface area contributed by atoms with Crippen LogP contribution in [-0.2, 0) is 0 Å². The van der Waals surface area contributed by atoms with Gasteiger partial charge in [-0.25, -0.2) is 0 Å². The molecule has 0 unspecified atom stereocenters. The number of hydrogen-bond donors (Lipinski definition) is 1. The Balaban J connectivity index is 1.32. The van der Waals surface area contributed by atoms with Crippen LogP contribution in [0.3, 0.4) is 0 Å². The highest BCUT2D eigenvalue weighted by atomic mass is 14.9. The Labute approximate surface area is 289 Å². The molecule has 0 spiro atoms. The van der Waals surface area contributed by atoms with E-state index in [1.165, 1.54) is 70.9 Å². The maximum Gasteiger partial charge on any atom is 0.0991 e. The van der Waals surface area contributed by atoms with E-state index in [-0.39, 0.29) is 0 Å². The van der Waals surface area contributed by atoms with Crippen LogP contribution in [0, 0.1) is 22.7 Å². The SMILES string of the molecule is N#Cc1ccc(-c2cc3c4cc5c(cc4c(-c4ccc(C#N)cc4)cc3c3ccccc23)-c2ccc(C3=CC=CCN3)c3cccc-5c23)cc1. The largest absolute Gasteiger partial charge is 0.381 e. The van der Waals surface area contributed by atoms with E-state index in [0.717, 1.165) is 34.5 Å². The fourth-order valence-electron chi connectivity index (χ4n) is 8.15. The molecule has 50 heavy (non-hydrogen) atoms. The quantitative estimate of drug-likeness (QED) is 0.197. The smallest absolute Gasteiger partial charge is 0.0991 e. The summed E-state index contributed by atoms with van der Waals surface area (Å²) in [4.78, 5) is 0. The number of fused-ring (bicyclic) bond motifs is 8. The van der Waals surface area contributed by atoms with Crippen molar-refractivity contribution in [1.29, 1.82) is 10.5 Å². The number of nitrogens with one attached hydrogen (secondary N) is 1. The van der Waals surface area contributed by atoms with Crippen LogP contribution in [0.15, 0.2) is 146 Å². The molecular weight excluding hydrogens is 607 g/mol. The summed E-state index contributed by atoms with van der Waals surface area (Å²) in [5.41, 5.74) is 13.1. The minimum atomic E-state index is 0.647. The molecule has 3 nitrogen and oxygen atoms in total. The summed E-state index contributed by atoms with van der Waals surface area (Å²) in [6.45, 7) is 0.824. The highest BCUT2D eigenvalue weighted by molar-refractivity contribution is 6.27. The van der Waals surface area contributed by atoms with Crippen LogP contribution in [0.5, 0.6) is 0 Å². The number of hydrogen-bond acceptors (Lipinski definition) is 3. The summed E-state index contributed by atoms with van der Waals surface area (Å²) in [7, 11) is 0. The highest BCUT2D eigenvalue weighted by Crippen LogP contribution is 2.52. The van der Waals surface area contributed by atoms with Crippen LogP contribution >= 0.6 is 0 Å². The second-order valence-corrected chi connectivity index (χ2v) is 13.1. The summed E-state index contributed by atoms with van der Waals surface area (Å²) in [5.74, 6) is 0. The minimum Gasteiger partial charge on any atom is -0.381 e. The van der Waals surface area contributed by atoms with Crippen molar-refractivity contribution < 1.29 is 0 Å². The van der Waals surface area contributed by atoms with Gasteiger partial charge in [-0.2, -0.15) is 10.5 Å². The van der Waals surface area contributed by atoms with Crippen molar-refractivity contribution in [3.05, 3.63) is 162 Å². The van der Waals surface area contributed by atoms with E-state index >= 15 is 0 Å². The summed E-state index contributed by atoms with van der Waals surface area (Å²) < 4.78 is 0. The van der Waals surface area contributed by atoms with Crippen LogP contribution in [0.2, 0.25) is 0 Å². The van der Waals surface area contributed by atoms with E-state index < -0.39 is 0 Å². The lowest BCUT2D eigenvalue weighted by molar-refractivity contribution is 0.998. The normalized spacial score (nSPS) is 12.9. The molecule has 10 rings (SSSR count). The lowest BCUT2D eigenvalue weighted by atomic mass is 9.86. The monoisotopic (exact) mass is 633 g/mol. The van der Waals surface area contributed by atoms with Gasteiger partial charge in [0, 0.05) is 17.8 Å². The molecule has 0 amide bonds. The van der Waals surface area contributed by atoms with E-state index in [2.05, 4.69) is 139 Å². The zero-order chi connectivity index (χ0) is 33.3. The second-order valence-electron chi connectivity index (χ2n) is 13.1. The summed E-state index contributed by atoms with van der Waals surface area (Å²) >= 11 is 0. The fraction of sp³-hybridized carbons (Fsp3) is 0.0213. The molecule has 0 saturated heterocycles. The molecule has 230 valence electrons. The Kier molecular flexibility index (Phi) is 6.07. The second kappa shape index (κ2) is 10.8. The highest BCUT2D eigenvalue weighted by Gasteiger charge is 2.26. The van der Waals surface area contributed by atoms with Crippen molar-refractivity contribution >= 4 is 48.8 Å². The van der Waals surface area contributed by atoms with E-state index in [1.807, 2.05) is 24.3 Å². The van der Waals surface area contributed by atoms with E-state index in [1.54, 1.807) is 0 Å². The van der Waals surface area contributed by atoms with Crippen LogP contribution in [0.25, 0.3) is 93.3 Å². The van der Waals surface area contributed by atoms with Gasteiger partial charge in [0.15, 0.2) is 0 Å². The van der Waals surface area contributed by atoms with Gasteiger partial charge in [-0.1, -0.05) is 91.0 Å². The summed E-state index contributed by atoms with van der Waals surface area (Å²) in [6, 6.07) is 49.7. The van der Waals surface area contributed by atoms with Crippen molar-refractivity contribution in [2.24, 2.45) is 0 Å². The van der Waals surface area contributed by atoms with Gasteiger partial charge in [-0.05, 0) is 142 Å². The summed E-state index contributed by atoms with van der Waals surface area (Å²) in [6.07, 6.45) is 6.43. The van der Waals surface area contributed by atoms with Crippen molar-refractivity contribution in [3.63, 3.8) is 0 Å². The molecule has 8 aromatic carbocycles. The van der Waals surface area contributed by atoms with Crippen molar-refractivity contribution in [3.8, 4) is 56.6 Å². The van der Waals surface area contributed by atoms with Gasteiger partial charge in [0.1, 0.15) is 0 Å². The fourth-order valence-corrected chi connectivity index (χ4v) is 8.15. The Morgan fingerprint density at radius 1 is 0.440 bits per heavy atom. The van der Waals surface area contributed by atoms with E-state index in [9.17, 15) is 10.5 Å². The van der Waals surface area contributed by atoms with Crippen molar-refractivity contribution in [1.82, 2.24) is 5.32 Å². The van der Waals surface area contributed by atoms with E-state index in [0.29, 0.717) is 11.1 Å². The van der Waals surface area contributed by atoms with Crippen LogP contribution in [0.4, 0.5) is 0 Å². The molecule has 0 fully saturated rings. The van der Waals surface area contributed by atoms with E-state index in [4.69, 9.17) is 0 Å². The third-order valence-corrected chi connectivity index (χ3v) is 10.5. The Morgan fingerprint density at radius 2 is 0.980 bits per heavy atom. The molecule has 0 radical (unpaired) electrons. The van der Waals surface area contributed by atoms with Crippen molar-refractivity contribution in [2.75, 3.05) is 6.54 Å². The predicted octanol–water partition coefficient (Wildman–Crippen LogP) is 11.5. The first-order chi connectivity index (χ1) is 24.7. The molecule has 3 heteroatoms. The summed E-state index contributed by atoms with van der Waals surface area (Å²) in [5, 5.41) is 32.2. The number of rotatable bonds is 3. The van der Waals surface area contributed by atoms with Crippen LogP contribution in [-0.4, -0.2) is 6.54 Å². The number of dihydropyridines is 1. The lowest BCUT2D eigenvalue weighted by Crippen LogP contribution is -2.14. The number of nitriles is 2. The molecule has 0 saturated carbocycles. The number of allylic oxidation sites excluding steroid dienone is 2. The van der Waals surface area contributed by atoms with Crippen molar-refractivity contribution in [2.45, 2.75) is 0 Å². The zero-order valence-corrected chi connectivity index (χ0v) is 27.0. The average molecular weight is 634 g/mol.